The van der Waals surface area contributed by atoms with E-state index in [0.29, 0.717) is 0 Å². The molecular formula is C13H25HfN3. The average molecular weight is 402 g/mol. The summed E-state index contributed by atoms with van der Waals surface area (Å²) in [7, 11) is 10.5. The second-order valence-electron chi connectivity index (χ2n) is 2.83. The van der Waals surface area contributed by atoms with Crippen LogP contribution in [0.25, 0.3) is 16.0 Å². The molecule has 96 valence electrons. The first-order chi connectivity index (χ1) is 7.64. The summed E-state index contributed by atoms with van der Waals surface area (Å²) in [5.41, 5.74) is 1.07. The van der Waals surface area contributed by atoms with Gasteiger partial charge in [-0.2, -0.15) is 66.9 Å². The fraction of sp³-hybridized carbons (Fsp3) is 0.462. The third-order valence-corrected chi connectivity index (χ3v) is 0.843. The first kappa shape index (κ1) is 25.6. The Kier molecular flexibility index (Phi) is 44.8. The van der Waals surface area contributed by atoms with E-state index in [4.69, 9.17) is 0 Å². The molecule has 1 aromatic rings. The SMILES string of the molecule is C[N-]C.C[N-]C.C[N-]C.[CH2-]c1ccccc1.[Hf+4]. The molecule has 0 fully saturated rings. The minimum absolute atomic E-state index is 0. The molecule has 0 aliphatic heterocycles. The Labute approximate surface area is 127 Å². The van der Waals surface area contributed by atoms with Crippen molar-refractivity contribution in [2.75, 3.05) is 42.3 Å². The summed E-state index contributed by atoms with van der Waals surface area (Å²) in [5.74, 6) is 0. The molecule has 0 saturated carbocycles. The molecule has 0 atom stereocenters. The number of rotatable bonds is 0. The van der Waals surface area contributed by atoms with Crippen molar-refractivity contribution in [3.63, 3.8) is 0 Å². The van der Waals surface area contributed by atoms with Crippen molar-refractivity contribution >= 4 is 0 Å². The summed E-state index contributed by atoms with van der Waals surface area (Å²) >= 11 is 0. The molecule has 0 saturated heterocycles. The summed E-state index contributed by atoms with van der Waals surface area (Å²) in [6.07, 6.45) is 0. The molecule has 0 amide bonds. The molecule has 4 heteroatoms. The maximum absolute atomic E-state index is 3.72. The van der Waals surface area contributed by atoms with Gasteiger partial charge in [-0.05, 0) is 0 Å². The summed E-state index contributed by atoms with van der Waals surface area (Å²) in [4.78, 5) is 0. The van der Waals surface area contributed by atoms with Crippen LogP contribution in [0.4, 0.5) is 0 Å². The molecule has 0 spiro atoms. The Morgan fingerprint density at radius 1 is 0.706 bits per heavy atom. The van der Waals surface area contributed by atoms with Crippen LogP contribution >= 0.6 is 0 Å². The second-order valence-corrected chi connectivity index (χ2v) is 2.83. The number of hydrogen-bond donors (Lipinski definition) is 0. The van der Waals surface area contributed by atoms with E-state index in [1.165, 1.54) is 0 Å². The molecule has 1 rings (SSSR count). The molecule has 1 aromatic carbocycles. The van der Waals surface area contributed by atoms with Gasteiger partial charge in [0.15, 0.2) is 0 Å². The van der Waals surface area contributed by atoms with Crippen molar-refractivity contribution in [1.82, 2.24) is 0 Å². The molecular weight excluding hydrogens is 377 g/mol. The molecule has 0 bridgehead atoms. The summed E-state index contributed by atoms with van der Waals surface area (Å²) in [5, 5.41) is 10.5. The van der Waals surface area contributed by atoms with Crippen molar-refractivity contribution in [2.24, 2.45) is 0 Å². The van der Waals surface area contributed by atoms with E-state index in [-0.39, 0.29) is 25.8 Å². The minimum atomic E-state index is 0. The third kappa shape index (κ3) is 49.4. The van der Waals surface area contributed by atoms with Gasteiger partial charge in [0.2, 0.25) is 0 Å². The standard InChI is InChI=1S/C7H7.3C2H6N.Hf/c1-7-5-3-2-4-6-7;3*1-3-2;/h2-6H,1H2;3*1-2H3;/q4*-1;+4. The van der Waals surface area contributed by atoms with E-state index in [1.807, 2.05) is 30.3 Å². The summed E-state index contributed by atoms with van der Waals surface area (Å²) in [6, 6.07) is 9.87. The Bertz CT molecular complexity index is 177. The van der Waals surface area contributed by atoms with Crippen LogP contribution in [0, 0.1) is 6.92 Å². The van der Waals surface area contributed by atoms with Gasteiger partial charge in [-0.15, -0.1) is 12.1 Å². The van der Waals surface area contributed by atoms with Gasteiger partial charge >= 0.3 is 25.8 Å². The van der Waals surface area contributed by atoms with Crippen molar-refractivity contribution in [2.45, 2.75) is 0 Å². The third-order valence-electron chi connectivity index (χ3n) is 0.843. The van der Waals surface area contributed by atoms with Crippen molar-refractivity contribution in [3.8, 4) is 0 Å². The second kappa shape index (κ2) is 29.7. The maximum atomic E-state index is 3.72. The number of hydrogen-bond acceptors (Lipinski definition) is 0. The predicted molar refractivity (Wildman–Crippen MR) is 76.5 cm³/mol. The van der Waals surface area contributed by atoms with Crippen LogP contribution in [0.3, 0.4) is 0 Å². The average Bonchev–Trinajstić information content (AvgIpc) is 2.22. The Balaban J connectivity index is -0.0000000734. The van der Waals surface area contributed by atoms with Crippen LogP contribution in [0.2, 0.25) is 0 Å². The van der Waals surface area contributed by atoms with E-state index in [0.717, 1.165) is 5.56 Å². The summed E-state index contributed by atoms with van der Waals surface area (Å²) < 4.78 is 0. The van der Waals surface area contributed by atoms with E-state index in [2.05, 4.69) is 22.9 Å². The maximum Gasteiger partial charge on any atom is 4.00 e. The van der Waals surface area contributed by atoms with Gasteiger partial charge < -0.3 is 16.0 Å². The van der Waals surface area contributed by atoms with Gasteiger partial charge in [-0.1, -0.05) is 6.07 Å². The molecule has 0 N–H and O–H groups in total. The van der Waals surface area contributed by atoms with Crippen LogP contribution in [0.5, 0.6) is 0 Å². The minimum Gasteiger partial charge on any atom is -0.668 e. The number of nitrogens with zero attached hydrogens (tertiary/aromatic N) is 3. The fourth-order valence-electron chi connectivity index (χ4n) is 0.478. The van der Waals surface area contributed by atoms with Crippen LogP contribution in [0.15, 0.2) is 30.3 Å². The monoisotopic (exact) mass is 403 g/mol. The molecule has 0 unspecified atom stereocenters. The topological polar surface area (TPSA) is 42.3 Å². The van der Waals surface area contributed by atoms with Gasteiger partial charge in [0.1, 0.15) is 0 Å². The van der Waals surface area contributed by atoms with Crippen molar-refractivity contribution in [1.29, 1.82) is 0 Å². The molecule has 0 radical (unpaired) electrons. The molecule has 17 heavy (non-hydrogen) atoms. The Morgan fingerprint density at radius 2 is 0.941 bits per heavy atom. The van der Waals surface area contributed by atoms with E-state index < -0.39 is 0 Å². The Hall–Kier alpha value is -0.160. The Morgan fingerprint density at radius 3 is 1.06 bits per heavy atom. The molecule has 0 aliphatic carbocycles. The first-order valence-corrected chi connectivity index (χ1v) is 4.95. The van der Waals surface area contributed by atoms with E-state index in [1.54, 1.807) is 42.3 Å². The smallest absolute Gasteiger partial charge is 0.668 e. The van der Waals surface area contributed by atoms with E-state index >= 15 is 0 Å². The zero-order valence-electron chi connectivity index (χ0n) is 11.9. The van der Waals surface area contributed by atoms with Gasteiger partial charge in [-0.3, -0.25) is 0 Å². The van der Waals surface area contributed by atoms with Crippen molar-refractivity contribution < 1.29 is 25.8 Å². The fourth-order valence-corrected chi connectivity index (χ4v) is 0.478. The summed E-state index contributed by atoms with van der Waals surface area (Å²) in [6.45, 7) is 3.72. The molecule has 3 nitrogen and oxygen atoms in total. The van der Waals surface area contributed by atoms with Gasteiger partial charge in [0.25, 0.3) is 0 Å². The van der Waals surface area contributed by atoms with Crippen molar-refractivity contribution in [3.05, 3.63) is 58.8 Å². The van der Waals surface area contributed by atoms with Gasteiger partial charge in [0, 0.05) is 0 Å². The molecule has 0 heterocycles. The first-order valence-electron chi connectivity index (χ1n) is 4.95. The largest absolute Gasteiger partial charge is 4.00 e. The normalized spacial score (nSPS) is 6.71. The zero-order chi connectivity index (χ0) is 13.2. The van der Waals surface area contributed by atoms with E-state index in [9.17, 15) is 0 Å². The van der Waals surface area contributed by atoms with Crippen LogP contribution in [-0.2, 0) is 25.8 Å². The molecule has 0 aromatic heterocycles. The number of benzene rings is 1. The predicted octanol–water partition coefficient (Wildman–Crippen LogP) is 3.73. The molecule has 0 aliphatic rings. The van der Waals surface area contributed by atoms with Gasteiger partial charge in [0.05, 0.1) is 0 Å². The van der Waals surface area contributed by atoms with Gasteiger partial charge in [-0.25, -0.2) is 0 Å². The van der Waals surface area contributed by atoms with Crippen LogP contribution in [-0.4, -0.2) is 42.3 Å². The quantitative estimate of drug-likeness (QED) is 0.469. The van der Waals surface area contributed by atoms with Crippen LogP contribution in [0.1, 0.15) is 5.56 Å². The van der Waals surface area contributed by atoms with Crippen LogP contribution < -0.4 is 0 Å². The zero-order valence-corrected chi connectivity index (χ0v) is 15.5.